The first kappa shape index (κ1) is 12.6. The van der Waals surface area contributed by atoms with Gasteiger partial charge in [-0.05, 0) is 6.42 Å². The first-order valence-corrected chi connectivity index (χ1v) is 4.30. The van der Waals surface area contributed by atoms with Crippen LogP contribution < -0.4 is 5.32 Å². The van der Waals surface area contributed by atoms with Gasteiger partial charge in [0, 0.05) is 19.3 Å². The normalized spacial score (nSPS) is 12.7. The molecule has 0 aliphatic heterocycles. The van der Waals surface area contributed by atoms with Crippen molar-refractivity contribution in [1.29, 1.82) is 0 Å². The van der Waals surface area contributed by atoms with Crippen molar-refractivity contribution in [2.75, 3.05) is 13.7 Å². The lowest BCUT2D eigenvalue weighted by atomic mass is 10.2. The van der Waals surface area contributed by atoms with Crippen molar-refractivity contribution in [2.45, 2.75) is 19.4 Å². The van der Waals surface area contributed by atoms with Gasteiger partial charge in [-0.25, -0.2) is 4.79 Å². The van der Waals surface area contributed by atoms with Gasteiger partial charge in [-0.3, -0.25) is 4.79 Å². The van der Waals surface area contributed by atoms with Crippen LogP contribution in [0.1, 0.15) is 13.3 Å². The van der Waals surface area contributed by atoms with E-state index in [1.165, 1.54) is 0 Å². The molecule has 0 bridgehead atoms. The van der Waals surface area contributed by atoms with Gasteiger partial charge >= 0.3 is 5.97 Å². The number of ether oxygens (including phenoxy) is 1. The lowest BCUT2D eigenvalue weighted by molar-refractivity contribution is -0.131. The van der Waals surface area contributed by atoms with E-state index in [9.17, 15) is 9.59 Å². The van der Waals surface area contributed by atoms with Crippen LogP contribution in [0.5, 0.6) is 0 Å². The van der Waals surface area contributed by atoms with Crippen LogP contribution in [0.3, 0.4) is 0 Å². The average Bonchev–Trinajstić information content (AvgIpc) is 2.14. The molecule has 0 fully saturated rings. The Labute approximate surface area is 82.7 Å². The molecule has 0 aromatic rings. The topological polar surface area (TPSA) is 75.6 Å². The molecule has 5 nitrogen and oxygen atoms in total. The monoisotopic (exact) mass is 201 g/mol. The average molecular weight is 201 g/mol. The maximum Gasteiger partial charge on any atom is 0.328 e. The van der Waals surface area contributed by atoms with E-state index in [0.29, 0.717) is 6.61 Å². The SMILES string of the molecule is CCC(COC)NC(=O)C=CC(=O)O. The van der Waals surface area contributed by atoms with Crippen molar-refractivity contribution in [3.8, 4) is 0 Å². The Balaban J connectivity index is 3.96. The number of hydrogen-bond donors (Lipinski definition) is 2. The minimum absolute atomic E-state index is 0.0778. The first-order valence-electron chi connectivity index (χ1n) is 4.30. The molecule has 0 radical (unpaired) electrons. The molecule has 0 heterocycles. The molecule has 0 spiro atoms. The molecule has 0 aromatic heterocycles. The van der Waals surface area contributed by atoms with E-state index in [0.717, 1.165) is 18.6 Å². The molecular weight excluding hydrogens is 186 g/mol. The number of aliphatic carboxylic acids is 1. The third-order valence-corrected chi connectivity index (χ3v) is 1.58. The number of methoxy groups -OCH3 is 1. The highest BCUT2D eigenvalue weighted by atomic mass is 16.5. The van der Waals surface area contributed by atoms with Crippen molar-refractivity contribution < 1.29 is 19.4 Å². The van der Waals surface area contributed by atoms with Crippen molar-refractivity contribution in [3.05, 3.63) is 12.2 Å². The summed E-state index contributed by atoms with van der Waals surface area (Å²) in [6.07, 6.45) is 2.52. The van der Waals surface area contributed by atoms with Gasteiger partial charge in [-0.15, -0.1) is 0 Å². The second-order valence-electron chi connectivity index (χ2n) is 2.74. The lowest BCUT2D eigenvalue weighted by Crippen LogP contribution is -2.36. The smallest absolute Gasteiger partial charge is 0.328 e. The van der Waals surface area contributed by atoms with Gasteiger partial charge < -0.3 is 15.2 Å². The molecule has 0 aliphatic carbocycles. The van der Waals surface area contributed by atoms with Crippen molar-refractivity contribution in [3.63, 3.8) is 0 Å². The largest absolute Gasteiger partial charge is 0.478 e. The summed E-state index contributed by atoms with van der Waals surface area (Å²) in [4.78, 5) is 21.2. The van der Waals surface area contributed by atoms with Crippen LogP contribution in [0.4, 0.5) is 0 Å². The van der Waals surface area contributed by atoms with Crippen LogP contribution in [-0.2, 0) is 14.3 Å². The Bertz CT molecular complexity index is 225. The van der Waals surface area contributed by atoms with E-state index in [4.69, 9.17) is 9.84 Å². The zero-order chi connectivity index (χ0) is 11.0. The Morgan fingerprint density at radius 3 is 2.57 bits per heavy atom. The van der Waals surface area contributed by atoms with Crippen LogP contribution in [0, 0.1) is 0 Å². The molecular formula is C9H15NO4. The minimum atomic E-state index is -1.14. The Hall–Kier alpha value is -1.36. The molecule has 0 aromatic carbocycles. The number of carboxylic acid groups (broad SMARTS) is 1. The lowest BCUT2D eigenvalue weighted by Gasteiger charge is -2.13. The first-order chi connectivity index (χ1) is 6.60. The van der Waals surface area contributed by atoms with E-state index in [2.05, 4.69) is 5.32 Å². The standard InChI is InChI=1S/C9H15NO4/c1-3-7(6-14-2)10-8(11)4-5-9(12)13/h4-5,7H,3,6H2,1-2H3,(H,10,11)(H,12,13). The zero-order valence-corrected chi connectivity index (χ0v) is 8.32. The molecule has 1 unspecified atom stereocenters. The summed E-state index contributed by atoms with van der Waals surface area (Å²) in [5.74, 6) is -1.56. The molecule has 1 amide bonds. The van der Waals surface area contributed by atoms with Crippen LogP contribution in [0.15, 0.2) is 12.2 Å². The number of amides is 1. The predicted molar refractivity (Wildman–Crippen MR) is 50.9 cm³/mol. The van der Waals surface area contributed by atoms with Gasteiger partial charge in [0.05, 0.1) is 12.6 Å². The molecule has 14 heavy (non-hydrogen) atoms. The van der Waals surface area contributed by atoms with Gasteiger partial charge in [0.2, 0.25) is 5.91 Å². The number of carboxylic acids is 1. The second-order valence-corrected chi connectivity index (χ2v) is 2.74. The maximum atomic E-state index is 11.1. The third-order valence-electron chi connectivity index (χ3n) is 1.58. The van der Waals surface area contributed by atoms with E-state index in [-0.39, 0.29) is 6.04 Å². The van der Waals surface area contributed by atoms with E-state index < -0.39 is 11.9 Å². The number of rotatable bonds is 6. The van der Waals surface area contributed by atoms with E-state index in [1.807, 2.05) is 6.92 Å². The molecule has 1 atom stereocenters. The highest BCUT2D eigenvalue weighted by molar-refractivity contribution is 5.93. The predicted octanol–water partition coefficient (Wildman–Crippen LogP) is 0.168. The molecule has 0 aliphatic rings. The van der Waals surface area contributed by atoms with Crippen LogP contribution >= 0.6 is 0 Å². The summed E-state index contributed by atoms with van der Waals surface area (Å²) in [6.45, 7) is 2.33. The summed E-state index contributed by atoms with van der Waals surface area (Å²) >= 11 is 0. The van der Waals surface area contributed by atoms with Gasteiger partial charge in [0.15, 0.2) is 0 Å². The van der Waals surface area contributed by atoms with Gasteiger partial charge in [-0.2, -0.15) is 0 Å². The maximum absolute atomic E-state index is 11.1. The fourth-order valence-corrected chi connectivity index (χ4v) is 0.859. The Morgan fingerprint density at radius 1 is 1.50 bits per heavy atom. The number of hydrogen-bond acceptors (Lipinski definition) is 3. The zero-order valence-electron chi connectivity index (χ0n) is 8.32. The van der Waals surface area contributed by atoms with Gasteiger partial charge in [-0.1, -0.05) is 6.92 Å². The fourth-order valence-electron chi connectivity index (χ4n) is 0.859. The Kier molecular flexibility index (Phi) is 6.39. The summed E-state index contributed by atoms with van der Waals surface area (Å²) in [5, 5.41) is 10.9. The number of carbonyl (C=O) groups is 2. The van der Waals surface area contributed by atoms with E-state index in [1.54, 1.807) is 7.11 Å². The quantitative estimate of drug-likeness (QED) is 0.600. The van der Waals surface area contributed by atoms with Crippen molar-refractivity contribution in [1.82, 2.24) is 5.32 Å². The molecule has 5 heteroatoms. The summed E-state index contributed by atoms with van der Waals surface area (Å²) in [5.41, 5.74) is 0. The fraction of sp³-hybridized carbons (Fsp3) is 0.556. The highest BCUT2D eigenvalue weighted by Gasteiger charge is 2.07. The van der Waals surface area contributed by atoms with E-state index >= 15 is 0 Å². The summed E-state index contributed by atoms with van der Waals surface area (Å²) < 4.78 is 4.87. The highest BCUT2D eigenvalue weighted by Crippen LogP contribution is 1.91. The third kappa shape index (κ3) is 6.19. The van der Waals surface area contributed by atoms with Crippen molar-refractivity contribution in [2.24, 2.45) is 0 Å². The van der Waals surface area contributed by atoms with Gasteiger partial charge in [0.1, 0.15) is 0 Å². The molecule has 80 valence electrons. The van der Waals surface area contributed by atoms with Crippen LogP contribution in [-0.4, -0.2) is 36.7 Å². The molecule has 0 saturated carbocycles. The van der Waals surface area contributed by atoms with Gasteiger partial charge in [0.25, 0.3) is 0 Å². The Morgan fingerprint density at radius 2 is 2.14 bits per heavy atom. The van der Waals surface area contributed by atoms with Crippen LogP contribution in [0.2, 0.25) is 0 Å². The van der Waals surface area contributed by atoms with Crippen LogP contribution in [0.25, 0.3) is 0 Å². The molecule has 2 N–H and O–H groups in total. The minimum Gasteiger partial charge on any atom is -0.478 e. The molecule has 0 saturated heterocycles. The second kappa shape index (κ2) is 7.08. The van der Waals surface area contributed by atoms with Crippen molar-refractivity contribution >= 4 is 11.9 Å². The number of nitrogens with one attached hydrogen (secondary N) is 1. The number of carbonyl (C=O) groups excluding carboxylic acids is 1. The summed E-state index contributed by atoms with van der Waals surface area (Å²) in [6, 6.07) is -0.0778. The molecule has 0 rings (SSSR count). The summed E-state index contributed by atoms with van der Waals surface area (Å²) in [7, 11) is 1.54.